The lowest BCUT2D eigenvalue weighted by Gasteiger charge is -2.37. The molecule has 1 aromatic rings. The summed E-state index contributed by atoms with van der Waals surface area (Å²) in [5.74, 6) is 0.910. The minimum Gasteiger partial charge on any atom is -0.491 e. The van der Waals surface area contributed by atoms with Crippen LogP contribution in [-0.2, 0) is 4.74 Å². The molecule has 0 radical (unpaired) electrons. The maximum atomic E-state index is 5.99. The van der Waals surface area contributed by atoms with Crippen molar-refractivity contribution >= 4 is 0 Å². The van der Waals surface area contributed by atoms with E-state index in [0.29, 0.717) is 0 Å². The first-order valence-corrected chi connectivity index (χ1v) is 7.54. The topological polar surface area (TPSA) is 30.5 Å². The molecular formula is C17H29NO2. The number of benzene rings is 1. The molecule has 0 saturated carbocycles. The van der Waals surface area contributed by atoms with Gasteiger partial charge in [-0.25, -0.2) is 0 Å². The van der Waals surface area contributed by atoms with E-state index in [4.69, 9.17) is 9.47 Å². The fourth-order valence-corrected chi connectivity index (χ4v) is 2.55. The van der Waals surface area contributed by atoms with Gasteiger partial charge in [-0.1, -0.05) is 19.1 Å². The zero-order chi connectivity index (χ0) is 15.2. The van der Waals surface area contributed by atoms with Crippen LogP contribution in [-0.4, -0.2) is 25.4 Å². The summed E-state index contributed by atoms with van der Waals surface area (Å²) in [7, 11) is 1.98. The van der Waals surface area contributed by atoms with Gasteiger partial charge in [0.1, 0.15) is 5.75 Å². The predicted octanol–water partition coefficient (Wildman–Crippen LogP) is 3.94. The molecule has 0 heterocycles. The Balaban J connectivity index is 2.94. The van der Waals surface area contributed by atoms with Gasteiger partial charge in [0.15, 0.2) is 0 Å². The number of nitrogens with one attached hydrogen (secondary N) is 1. The van der Waals surface area contributed by atoms with Gasteiger partial charge < -0.3 is 14.8 Å². The van der Waals surface area contributed by atoms with E-state index < -0.39 is 0 Å². The van der Waals surface area contributed by atoms with E-state index in [1.54, 1.807) is 0 Å². The molecule has 114 valence electrons. The third kappa shape index (κ3) is 4.22. The molecule has 0 amide bonds. The summed E-state index contributed by atoms with van der Waals surface area (Å²) in [6.45, 7) is 11.2. The average Bonchev–Trinajstić information content (AvgIpc) is 2.41. The molecule has 3 heteroatoms. The molecule has 20 heavy (non-hydrogen) atoms. The van der Waals surface area contributed by atoms with Crippen LogP contribution >= 0.6 is 0 Å². The van der Waals surface area contributed by atoms with Gasteiger partial charge in [-0.2, -0.15) is 0 Å². The lowest BCUT2D eigenvalue weighted by atomic mass is 9.87. The summed E-state index contributed by atoms with van der Waals surface area (Å²) in [5, 5.41) is 3.39. The molecule has 1 aromatic carbocycles. The number of ether oxygens (including phenoxy) is 2. The van der Waals surface area contributed by atoms with Crippen molar-refractivity contribution in [2.75, 3.05) is 13.7 Å². The summed E-state index contributed by atoms with van der Waals surface area (Å²) in [5.41, 5.74) is 1.02. The first kappa shape index (κ1) is 17.0. The van der Waals surface area contributed by atoms with Crippen LogP contribution in [0.25, 0.3) is 0 Å². The van der Waals surface area contributed by atoms with Crippen molar-refractivity contribution in [2.45, 2.75) is 58.8 Å². The van der Waals surface area contributed by atoms with Gasteiger partial charge in [0.05, 0.1) is 17.7 Å². The molecule has 2 atom stereocenters. The molecule has 0 aromatic heterocycles. The minimum absolute atomic E-state index is 0.167. The summed E-state index contributed by atoms with van der Waals surface area (Å²) in [6.07, 6.45) is 1.15. The largest absolute Gasteiger partial charge is 0.491 e. The minimum atomic E-state index is -0.204. The molecule has 0 bridgehead atoms. The molecule has 0 fully saturated rings. The molecule has 3 nitrogen and oxygen atoms in total. The lowest BCUT2D eigenvalue weighted by Crippen LogP contribution is -2.42. The van der Waals surface area contributed by atoms with E-state index in [9.17, 15) is 0 Å². The molecule has 0 aliphatic heterocycles. The van der Waals surface area contributed by atoms with E-state index in [2.05, 4.69) is 31.3 Å². The quantitative estimate of drug-likeness (QED) is 0.782. The zero-order valence-corrected chi connectivity index (χ0v) is 13.7. The molecule has 2 unspecified atom stereocenters. The van der Waals surface area contributed by atoms with Gasteiger partial charge in [0, 0.05) is 6.61 Å². The Hall–Kier alpha value is -1.06. The molecule has 0 saturated heterocycles. The predicted molar refractivity (Wildman–Crippen MR) is 84.3 cm³/mol. The fraction of sp³-hybridized carbons (Fsp3) is 0.647. The van der Waals surface area contributed by atoms with Crippen LogP contribution in [0.3, 0.4) is 0 Å². The number of likely N-dealkylation sites (N-methyl/N-ethyl adjacent to an activating group) is 1. The van der Waals surface area contributed by atoms with E-state index in [-0.39, 0.29) is 17.7 Å². The van der Waals surface area contributed by atoms with Gasteiger partial charge >= 0.3 is 0 Å². The van der Waals surface area contributed by atoms with Gasteiger partial charge in [0.2, 0.25) is 0 Å². The van der Waals surface area contributed by atoms with Gasteiger partial charge in [-0.15, -0.1) is 0 Å². The van der Waals surface area contributed by atoms with Crippen LogP contribution < -0.4 is 10.1 Å². The van der Waals surface area contributed by atoms with Crippen LogP contribution in [0.2, 0.25) is 0 Å². The van der Waals surface area contributed by atoms with Crippen LogP contribution in [0.5, 0.6) is 5.75 Å². The van der Waals surface area contributed by atoms with Crippen molar-refractivity contribution in [3.63, 3.8) is 0 Å². The van der Waals surface area contributed by atoms with Crippen molar-refractivity contribution in [2.24, 2.45) is 0 Å². The van der Waals surface area contributed by atoms with E-state index in [1.165, 1.54) is 5.56 Å². The number of hydrogen-bond acceptors (Lipinski definition) is 3. The second kappa shape index (κ2) is 7.65. The average molecular weight is 279 g/mol. The van der Waals surface area contributed by atoms with Crippen molar-refractivity contribution in [3.05, 3.63) is 29.8 Å². The monoisotopic (exact) mass is 279 g/mol. The highest BCUT2D eigenvalue weighted by molar-refractivity contribution is 5.30. The number of hydrogen-bond donors (Lipinski definition) is 1. The smallest absolute Gasteiger partial charge is 0.119 e. The second-order valence-corrected chi connectivity index (χ2v) is 5.56. The Bertz CT molecular complexity index is 388. The van der Waals surface area contributed by atoms with Gasteiger partial charge in [-0.05, 0) is 58.9 Å². The van der Waals surface area contributed by atoms with Crippen LogP contribution in [0.15, 0.2) is 24.3 Å². The Morgan fingerprint density at radius 2 is 1.75 bits per heavy atom. The van der Waals surface area contributed by atoms with E-state index >= 15 is 0 Å². The Labute approximate surface area is 123 Å². The highest BCUT2D eigenvalue weighted by atomic mass is 16.5. The summed E-state index contributed by atoms with van der Waals surface area (Å²) in [6, 6.07) is 8.46. The van der Waals surface area contributed by atoms with E-state index in [0.717, 1.165) is 18.8 Å². The van der Waals surface area contributed by atoms with Crippen molar-refractivity contribution in [1.82, 2.24) is 5.32 Å². The Kier molecular flexibility index (Phi) is 6.50. The van der Waals surface area contributed by atoms with E-state index in [1.807, 2.05) is 40.0 Å². The molecule has 0 spiro atoms. The fourth-order valence-electron chi connectivity index (χ4n) is 2.55. The maximum absolute atomic E-state index is 5.99. The van der Waals surface area contributed by atoms with Crippen LogP contribution in [0, 0.1) is 0 Å². The standard InChI is InChI=1S/C17H29NO2/c1-7-17(5,19-8-2)16(18-6)14-9-11-15(12-10-14)20-13(3)4/h9-13,16,18H,7-8H2,1-6H3. The highest BCUT2D eigenvalue weighted by Gasteiger charge is 2.33. The van der Waals surface area contributed by atoms with Crippen molar-refractivity contribution in [3.8, 4) is 5.75 Å². The van der Waals surface area contributed by atoms with Gasteiger partial charge in [-0.3, -0.25) is 0 Å². The molecular weight excluding hydrogens is 250 g/mol. The molecule has 1 rings (SSSR count). The third-order valence-electron chi connectivity index (χ3n) is 3.66. The SMILES string of the molecule is CCOC(C)(CC)C(NC)c1ccc(OC(C)C)cc1. The Morgan fingerprint density at radius 1 is 1.15 bits per heavy atom. The maximum Gasteiger partial charge on any atom is 0.119 e. The summed E-state index contributed by atoms with van der Waals surface area (Å²) in [4.78, 5) is 0. The molecule has 0 aliphatic rings. The second-order valence-electron chi connectivity index (χ2n) is 5.56. The first-order chi connectivity index (χ1) is 9.46. The normalized spacial score (nSPS) is 15.9. The molecule has 0 aliphatic carbocycles. The molecule has 1 N–H and O–H groups in total. The third-order valence-corrected chi connectivity index (χ3v) is 3.66. The zero-order valence-electron chi connectivity index (χ0n) is 13.7. The summed E-state index contributed by atoms with van der Waals surface area (Å²) >= 11 is 0. The highest BCUT2D eigenvalue weighted by Crippen LogP contribution is 2.32. The Morgan fingerprint density at radius 3 is 2.15 bits per heavy atom. The van der Waals surface area contributed by atoms with Crippen LogP contribution in [0.4, 0.5) is 0 Å². The van der Waals surface area contributed by atoms with Crippen molar-refractivity contribution < 1.29 is 9.47 Å². The van der Waals surface area contributed by atoms with Crippen LogP contribution in [0.1, 0.15) is 52.6 Å². The first-order valence-electron chi connectivity index (χ1n) is 7.54. The number of rotatable bonds is 8. The van der Waals surface area contributed by atoms with Gasteiger partial charge in [0.25, 0.3) is 0 Å². The van der Waals surface area contributed by atoms with Crippen molar-refractivity contribution in [1.29, 1.82) is 0 Å². The lowest BCUT2D eigenvalue weighted by molar-refractivity contribution is -0.0547. The summed E-state index contributed by atoms with van der Waals surface area (Å²) < 4.78 is 11.7.